The number of imidazole rings is 1. The third-order valence-electron chi connectivity index (χ3n) is 12.3. The Labute approximate surface area is 316 Å². The number of carbonyl (C=O) groups is 2. The van der Waals surface area contributed by atoms with Crippen molar-refractivity contribution >= 4 is 34.2 Å². The molecule has 4 aromatic rings. The highest BCUT2D eigenvalue weighted by Crippen LogP contribution is 2.34. The smallest absolute Gasteiger partial charge is 0.329 e. The Balaban J connectivity index is 0.719. The van der Waals surface area contributed by atoms with Gasteiger partial charge in [0.05, 0.1) is 11.0 Å². The maximum atomic E-state index is 13.0. The van der Waals surface area contributed by atoms with Crippen LogP contribution in [0.25, 0.3) is 16.6 Å². The second kappa shape index (κ2) is 16.7. The first-order valence-electron chi connectivity index (χ1n) is 20.2. The first kappa shape index (κ1) is 36.8. The number of imide groups is 1. The van der Waals surface area contributed by atoms with E-state index in [1.165, 1.54) is 23.0 Å². The van der Waals surface area contributed by atoms with E-state index in [-0.39, 0.29) is 18.0 Å². The van der Waals surface area contributed by atoms with Crippen molar-refractivity contribution in [1.29, 1.82) is 0 Å². The van der Waals surface area contributed by atoms with Gasteiger partial charge in [-0.2, -0.15) is 5.10 Å². The van der Waals surface area contributed by atoms with Crippen LogP contribution >= 0.6 is 0 Å². The topological polar surface area (TPSA) is 140 Å². The average Bonchev–Trinajstić information content (AvgIpc) is 3.74. The Morgan fingerprint density at radius 1 is 0.926 bits per heavy atom. The predicted molar refractivity (Wildman–Crippen MR) is 206 cm³/mol. The molecule has 3 aromatic heterocycles. The number of hydrogen-bond donors (Lipinski definition) is 2. The van der Waals surface area contributed by atoms with Crippen LogP contribution in [0.4, 0.5) is 5.82 Å². The lowest BCUT2D eigenvalue weighted by atomic mass is 9.89. The summed E-state index contributed by atoms with van der Waals surface area (Å²) in [6.45, 7) is 8.71. The van der Waals surface area contributed by atoms with Crippen LogP contribution in [0.3, 0.4) is 0 Å². The van der Waals surface area contributed by atoms with Crippen LogP contribution in [0.15, 0.2) is 41.6 Å². The summed E-state index contributed by atoms with van der Waals surface area (Å²) < 4.78 is 16.7. The van der Waals surface area contributed by atoms with Crippen LogP contribution in [0.5, 0.6) is 0 Å². The van der Waals surface area contributed by atoms with Gasteiger partial charge in [-0.05, 0) is 99.5 Å². The Kier molecular flexibility index (Phi) is 11.4. The lowest BCUT2D eigenvalue weighted by molar-refractivity contribution is -0.135. The Bertz CT molecular complexity index is 1980. The fourth-order valence-corrected chi connectivity index (χ4v) is 9.22. The molecule has 4 fully saturated rings. The Morgan fingerprint density at radius 3 is 2.52 bits per heavy atom. The number of piperidine rings is 1. The van der Waals surface area contributed by atoms with E-state index < -0.39 is 11.9 Å². The molecule has 2 amide bonds. The first-order valence-corrected chi connectivity index (χ1v) is 20.2. The fourth-order valence-electron chi connectivity index (χ4n) is 9.22. The molecule has 4 aliphatic rings. The summed E-state index contributed by atoms with van der Waals surface area (Å²) >= 11 is 0. The number of rotatable bonds is 13. The van der Waals surface area contributed by atoms with Crippen LogP contribution in [0, 0.1) is 0 Å². The first-order chi connectivity index (χ1) is 26.4. The minimum Gasteiger partial charge on any atom is -0.381 e. The second-order valence-electron chi connectivity index (χ2n) is 15.7. The molecule has 8 rings (SSSR count). The minimum absolute atomic E-state index is 0.234. The van der Waals surface area contributed by atoms with Crippen molar-refractivity contribution < 1.29 is 19.1 Å². The number of aromatic nitrogens is 5. The number of piperazine rings is 1. The summed E-state index contributed by atoms with van der Waals surface area (Å²) in [4.78, 5) is 47.2. The van der Waals surface area contributed by atoms with Gasteiger partial charge in [0.25, 0.3) is 0 Å². The number of carbonyl (C=O) groups excluding carboxylic acids is 2. The van der Waals surface area contributed by atoms with E-state index in [0.29, 0.717) is 31.0 Å². The quantitative estimate of drug-likeness (QED) is 0.154. The molecule has 1 aliphatic carbocycles. The fraction of sp³-hybridized carbons (Fsp3) is 0.625. The molecule has 1 atom stereocenters. The van der Waals surface area contributed by atoms with Crippen molar-refractivity contribution in [2.45, 2.75) is 94.7 Å². The van der Waals surface area contributed by atoms with Gasteiger partial charge < -0.3 is 19.7 Å². The van der Waals surface area contributed by atoms with Gasteiger partial charge in [-0.25, -0.2) is 14.3 Å². The van der Waals surface area contributed by atoms with Gasteiger partial charge in [-0.3, -0.25) is 28.9 Å². The lowest BCUT2D eigenvalue weighted by Crippen LogP contribution is -2.51. The van der Waals surface area contributed by atoms with Crippen molar-refractivity contribution in [1.82, 2.24) is 38.8 Å². The summed E-state index contributed by atoms with van der Waals surface area (Å²) in [6.07, 6.45) is 14.0. The Hall–Kier alpha value is -4.11. The standard InChI is InChI=1S/C40H55N9O5/c1-45-35-26-28(5-10-33(35)49(40(45)52)34-11-12-36(50)44-39(34)51)4-2-22-53-23-3-16-46-18-20-47(21-19-46)31-8-6-30(7-9-31)43-38-37-32(29-14-24-54-25-15-29)13-17-48(37)42-27-41-38/h5,10,13,17,26-27,29-31,34H,2-4,6-9,11-12,14-16,18-25H2,1H3,(H,41,42,43)(H,44,50,51)/t30-,31-,34?. The molecule has 3 saturated heterocycles. The van der Waals surface area contributed by atoms with Gasteiger partial charge in [-0.15, -0.1) is 0 Å². The highest BCUT2D eigenvalue weighted by Gasteiger charge is 2.32. The zero-order valence-corrected chi connectivity index (χ0v) is 31.6. The van der Waals surface area contributed by atoms with E-state index in [1.54, 1.807) is 17.9 Å². The number of ether oxygens (including phenoxy) is 2. The molecule has 14 heteroatoms. The van der Waals surface area contributed by atoms with Crippen molar-refractivity contribution in [2.75, 3.05) is 64.5 Å². The summed E-state index contributed by atoms with van der Waals surface area (Å²) in [5, 5.41) is 10.7. The molecule has 0 spiro atoms. The number of benzene rings is 1. The van der Waals surface area contributed by atoms with Gasteiger partial charge >= 0.3 is 5.69 Å². The van der Waals surface area contributed by atoms with Crippen LogP contribution < -0.4 is 16.3 Å². The van der Waals surface area contributed by atoms with Crippen LogP contribution in [-0.2, 0) is 32.5 Å². The number of nitrogens with zero attached hydrogens (tertiary/aromatic N) is 7. The SMILES string of the molecule is Cn1c(=O)n(C2CCC(=O)NC2=O)c2ccc(CCCOCCCN3CCN([C@H]4CC[C@H](Nc5ncnn6ccc(C7CCOCC7)c56)CC4)CC3)cc21. The zero-order chi connectivity index (χ0) is 37.0. The van der Waals surface area contributed by atoms with E-state index in [0.717, 1.165) is 125 Å². The lowest BCUT2D eigenvalue weighted by Gasteiger charge is -2.42. The van der Waals surface area contributed by atoms with E-state index >= 15 is 0 Å². The molecule has 3 aliphatic heterocycles. The molecular formula is C40H55N9O5. The highest BCUT2D eigenvalue weighted by atomic mass is 16.5. The second-order valence-corrected chi connectivity index (χ2v) is 15.7. The van der Waals surface area contributed by atoms with E-state index in [2.05, 4.69) is 37.8 Å². The molecular weight excluding hydrogens is 686 g/mol. The van der Waals surface area contributed by atoms with Gasteiger partial charge in [0.2, 0.25) is 11.8 Å². The number of aryl methyl sites for hydroxylation is 2. The molecule has 14 nitrogen and oxygen atoms in total. The number of anilines is 1. The van der Waals surface area contributed by atoms with Crippen LogP contribution in [0.1, 0.15) is 87.3 Å². The number of amides is 2. The third kappa shape index (κ3) is 7.98. The molecule has 1 aromatic carbocycles. The highest BCUT2D eigenvalue weighted by molar-refractivity contribution is 6.00. The molecule has 2 N–H and O–H groups in total. The van der Waals surface area contributed by atoms with Crippen LogP contribution in [0.2, 0.25) is 0 Å². The van der Waals surface area contributed by atoms with Gasteiger partial charge in [-0.1, -0.05) is 6.07 Å². The third-order valence-corrected chi connectivity index (χ3v) is 12.3. The number of hydrogen-bond acceptors (Lipinski definition) is 10. The molecule has 1 saturated carbocycles. The Morgan fingerprint density at radius 2 is 1.72 bits per heavy atom. The normalized spacial score (nSPS) is 23.7. The van der Waals surface area contributed by atoms with E-state index in [9.17, 15) is 14.4 Å². The monoisotopic (exact) mass is 741 g/mol. The molecule has 6 heterocycles. The largest absolute Gasteiger partial charge is 0.381 e. The maximum absolute atomic E-state index is 13.0. The van der Waals surface area contributed by atoms with Crippen molar-refractivity contribution in [3.05, 3.63) is 58.4 Å². The van der Waals surface area contributed by atoms with Gasteiger partial charge in [0.15, 0.2) is 5.82 Å². The van der Waals surface area contributed by atoms with Crippen molar-refractivity contribution in [3.8, 4) is 0 Å². The maximum Gasteiger partial charge on any atom is 0.329 e. The summed E-state index contributed by atoms with van der Waals surface area (Å²) in [7, 11) is 1.73. The van der Waals surface area contributed by atoms with Crippen LogP contribution in [-0.4, -0.2) is 117 Å². The van der Waals surface area contributed by atoms with Gasteiger partial charge in [0, 0.05) is 90.9 Å². The van der Waals surface area contributed by atoms with E-state index in [4.69, 9.17) is 14.5 Å². The number of fused-ring (bicyclic) bond motifs is 2. The molecule has 54 heavy (non-hydrogen) atoms. The van der Waals surface area contributed by atoms with Gasteiger partial charge in [0.1, 0.15) is 17.9 Å². The zero-order valence-electron chi connectivity index (χ0n) is 31.6. The summed E-state index contributed by atoms with van der Waals surface area (Å²) in [5.41, 5.74) is 4.89. The molecule has 1 unspecified atom stereocenters. The van der Waals surface area contributed by atoms with E-state index in [1.807, 2.05) is 22.7 Å². The molecule has 290 valence electrons. The average molecular weight is 742 g/mol. The van der Waals surface area contributed by atoms with Crippen molar-refractivity contribution in [2.24, 2.45) is 7.05 Å². The number of nitrogens with one attached hydrogen (secondary N) is 2. The molecule has 0 radical (unpaired) electrons. The minimum atomic E-state index is -0.666. The van der Waals surface area contributed by atoms with Crippen molar-refractivity contribution in [3.63, 3.8) is 0 Å². The summed E-state index contributed by atoms with van der Waals surface area (Å²) in [5.74, 6) is 0.785. The summed E-state index contributed by atoms with van der Waals surface area (Å²) in [6, 6.07) is 8.65. The molecule has 0 bridgehead atoms. The predicted octanol–water partition coefficient (Wildman–Crippen LogP) is 3.63.